The number of rotatable bonds is 7. The van der Waals surface area contributed by atoms with E-state index in [2.05, 4.69) is 32.3 Å². The Labute approximate surface area is 217 Å². The van der Waals surface area contributed by atoms with Gasteiger partial charge in [-0.1, -0.05) is 18.2 Å². The number of pyridine rings is 1. The molecule has 3 heterocycles. The first kappa shape index (κ1) is 25.2. The number of benzene rings is 2. The second-order valence-electron chi connectivity index (χ2n) is 10.2. The third-order valence-corrected chi connectivity index (χ3v) is 7.53. The molecule has 0 atom stereocenters. The Morgan fingerprint density at radius 2 is 1.73 bits per heavy atom. The van der Waals surface area contributed by atoms with Gasteiger partial charge in [0.15, 0.2) is 15.5 Å². The lowest BCUT2D eigenvalue weighted by molar-refractivity contribution is 0.0345. The van der Waals surface area contributed by atoms with Gasteiger partial charge in [0.25, 0.3) is 0 Å². The van der Waals surface area contributed by atoms with Gasteiger partial charge in [0.1, 0.15) is 0 Å². The van der Waals surface area contributed by atoms with E-state index in [0.717, 1.165) is 48.7 Å². The van der Waals surface area contributed by atoms with Crippen molar-refractivity contribution in [2.45, 2.75) is 24.3 Å². The highest BCUT2D eigenvalue weighted by atomic mass is 32.2. The van der Waals surface area contributed by atoms with E-state index in [4.69, 9.17) is 4.98 Å². The zero-order chi connectivity index (χ0) is 26.2. The summed E-state index contributed by atoms with van der Waals surface area (Å²) in [5.74, 6) is 0.479. The molecular formula is C27H32N6O3S. The summed E-state index contributed by atoms with van der Waals surface area (Å²) in [5, 5.41) is 18.0. The first-order chi connectivity index (χ1) is 17.5. The van der Waals surface area contributed by atoms with Gasteiger partial charge in [0.2, 0.25) is 5.95 Å². The van der Waals surface area contributed by atoms with Gasteiger partial charge in [-0.25, -0.2) is 12.9 Å². The van der Waals surface area contributed by atoms with Crippen molar-refractivity contribution >= 4 is 32.8 Å². The van der Waals surface area contributed by atoms with Crippen LogP contribution in [0.1, 0.15) is 13.8 Å². The first-order valence-corrected chi connectivity index (χ1v) is 14.2. The van der Waals surface area contributed by atoms with Crippen LogP contribution in [0, 0.1) is 0 Å². The topological polar surface area (TPSA) is 103 Å². The van der Waals surface area contributed by atoms with Gasteiger partial charge in [-0.3, -0.25) is 4.90 Å². The zero-order valence-corrected chi connectivity index (χ0v) is 22.1. The summed E-state index contributed by atoms with van der Waals surface area (Å²) in [7, 11) is -3.26. The van der Waals surface area contributed by atoms with Crippen LogP contribution < -0.4 is 10.2 Å². The number of nitrogens with zero attached hydrogens (tertiary/aromatic N) is 5. The van der Waals surface area contributed by atoms with Crippen molar-refractivity contribution in [2.75, 3.05) is 49.2 Å². The number of fused-ring (bicyclic) bond motifs is 1. The van der Waals surface area contributed by atoms with Crippen LogP contribution in [0.4, 0.5) is 17.3 Å². The standard InChI is InChI=1S/C27H32N6O3S/c1-27(2,34)19-31-14-16-32(17-15-31)22-7-4-6-21(18-22)28-26-29-25-24(8-5-13-33(25)30-26)20-9-11-23(12-10-20)37(3,35)36/h4-13,18,34H,14-17,19H2,1-3H3,(H,28,30). The molecule has 2 aromatic heterocycles. The molecule has 0 spiro atoms. The quantitative estimate of drug-likeness (QED) is 0.382. The summed E-state index contributed by atoms with van der Waals surface area (Å²) in [6.45, 7) is 7.97. The highest BCUT2D eigenvalue weighted by Gasteiger charge is 2.23. The van der Waals surface area contributed by atoms with Gasteiger partial charge < -0.3 is 15.3 Å². The van der Waals surface area contributed by atoms with E-state index in [1.807, 2.05) is 44.3 Å². The molecule has 0 aliphatic carbocycles. The molecule has 1 aliphatic rings. The van der Waals surface area contributed by atoms with Gasteiger partial charge in [-0.15, -0.1) is 5.10 Å². The van der Waals surface area contributed by atoms with Crippen LogP contribution in [0.5, 0.6) is 0 Å². The maximum absolute atomic E-state index is 11.8. The van der Waals surface area contributed by atoms with Gasteiger partial charge in [0.05, 0.1) is 10.5 Å². The molecule has 5 rings (SSSR count). The predicted octanol–water partition coefficient (Wildman–Crippen LogP) is 3.44. The largest absolute Gasteiger partial charge is 0.389 e. The van der Waals surface area contributed by atoms with Gasteiger partial charge >= 0.3 is 0 Å². The second kappa shape index (κ2) is 9.77. The number of aromatic nitrogens is 3. The van der Waals surface area contributed by atoms with Gasteiger partial charge in [-0.05, 0) is 61.9 Å². The van der Waals surface area contributed by atoms with E-state index >= 15 is 0 Å². The summed E-state index contributed by atoms with van der Waals surface area (Å²) in [6, 6.07) is 18.9. The minimum atomic E-state index is -3.26. The van der Waals surface area contributed by atoms with Crippen LogP contribution >= 0.6 is 0 Å². The summed E-state index contributed by atoms with van der Waals surface area (Å²) >= 11 is 0. The maximum atomic E-state index is 11.8. The van der Waals surface area contributed by atoms with Crippen molar-refractivity contribution in [3.8, 4) is 11.1 Å². The Balaban J connectivity index is 1.33. The van der Waals surface area contributed by atoms with E-state index < -0.39 is 15.4 Å². The Bertz CT molecular complexity index is 1500. The van der Waals surface area contributed by atoms with E-state index in [1.54, 1.807) is 28.8 Å². The molecule has 9 nitrogen and oxygen atoms in total. The van der Waals surface area contributed by atoms with Crippen LogP contribution in [0.3, 0.4) is 0 Å². The fourth-order valence-corrected chi connectivity index (χ4v) is 5.32. The summed E-state index contributed by atoms with van der Waals surface area (Å²) in [4.78, 5) is 9.65. The Hall–Kier alpha value is -3.47. The van der Waals surface area contributed by atoms with E-state index in [9.17, 15) is 13.5 Å². The third-order valence-electron chi connectivity index (χ3n) is 6.41. The number of hydrogen-bond acceptors (Lipinski definition) is 8. The van der Waals surface area contributed by atoms with Crippen molar-refractivity contribution in [3.05, 3.63) is 66.9 Å². The van der Waals surface area contributed by atoms with Crippen molar-refractivity contribution < 1.29 is 13.5 Å². The van der Waals surface area contributed by atoms with Crippen LogP contribution in [0.25, 0.3) is 16.8 Å². The minimum Gasteiger partial charge on any atom is -0.389 e. The molecule has 4 aromatic rings. The van der Waals surface area contributed by atoms with Crippen molar-refractivity contribution in [2.24, 2.45) is 0 Å². The molecule has 0 saturated carbocycles. The van der Waals surface area contributed by atoms with Crippen LogP contribution in [-0.2, 0) is 9.84 Å². The molecule has 2 N–H and O–H groups in total. The summed E-state index contributed by atoms with van der Waals surface area (Å²) in [6.07, 6.45) is 3.04. The fraction of sp³-hybridized carbons (Fsp3) is 0.333. The summed E-state index contributed by atoms with van der Waals surface area (Å²) in [5.41, 5.74) is 3.74. The maximum Gasteiger partial charge on any atom is 0.247 e. The van der Waals surface area contributed by atoms with Gasteiger partial charge in [-0.2, -0.15) is 4.98 Å². The molecule has 1 fully saturated rings. The summed E-state index contributed by atoms with van der Waals surface area (Å²) < 4.78 is 25.3. The van der Waals surface area contributed by atoms with E-state index in [1.165, 1.54) is 6.26 Å². The van der Waals surface area contributed by atoms with E-state index in [0.29, 0.717) is 18.1 Å². The average molecular weight is 521 g/mol. The Morgan fingerprint density at radius 3 is 2.41 bits per heavy atom. The fourth-order valence-electron chi connectivity index (χ4n) is 4.69. The lowest BCUT2D eigenvalue weighted by atomic mass is 10.1. The molecule has 2 aromatic carbocycles. The minimum absolute atomic E-state index is 0.283. The normalized spacial score (nSPS) is 15.3. The number of nitrogens with one attached hydrogen (secondary N) is 1. The molecule has 0 bridgehead atoms. The molecule has 0 unspecified atom stereocenters. The molecule has 1 saturated heterocycles. The number of sulfone groups is 1. The van der Waals surface area contributed by atoms with E-state index in [-0.39, 0.29) is 4.90 Å². The molecule has 0 amide bonds. The lowest BCUT2D eigenvalue weighted by Crippen LogP contribution is -2.50. The van der Waals surface area contributed by atoms with Crippen LogP contribution in [0.15, 0.2) is 71.8 Å². The molecule has 0 radical (unpaired) electrons. The highest BCUT2D eigenvalue weighted by molar-refractivity contribution is 7.90. The Kier molecular flexibility index (Phi) is 6.65. The van der Waals surface area contributed by atoms with Gasteiger partial charge in [0, 0.05) is 62.1 Å². The number of hydrogen-bond donors (Lipinski definition) is 2. The molecule has 37 heavy (non-hydrogen) atoms. The smallest absolute Gasteiger partial charge is 0.247 e. The predicted molar refractivity (Wildman–Crippen MR) is 146 cm³/mol. The number of aliphatic hydroxyl groups is 1. The second-order valence-corrected chi connectivity index (χ2v) is 12.2. The molecular weight excluding hydrogens is 488 g/mol. The van der Waals surface area contributed by atoms with Crippen LogP contribution in [0.2, 0.25) is 0 Å². The van der Waals surface area contributed by atoms with Crippen molar-refractivity contribution in [1.82, 2.24) is 19.5 Å². The number of piperazine rings is 1. The average Bonchev–Trinajstić information content (AvgIpc) is 3.26. The number of β-amino-alcohol motifs (C(OH)–C–C–N with tert-alkyl or cyclic N) is 1. The van der Waals surface area contributed by atoms with Crippen LogP contribution in [-0.4, -0.2) is 77.6 Å². The number of anilines is 3. The van der Waals surface area contributed by atoms with Crippen molar-refractivity contribution in [1.29, 1.82) is 0 Å². The molecule has 10 heteroatoms. The lowest BCUT2D eigenvalue weighted by Gasteiger charge is -2.38. The zero-order valence-electron chi connectivity index (χ0n) is 21.3. The monoisotopic (exact) mass is 520 g/mol. The highest BCUT2D eigenvalue weighted by Crippen LogP contribution is 2.27. The Morgan fingerprint density at radius 1 is 1.00 bits per heavy atom. The SMILES string of the molecule is CC(C)(O)CN1CCN(c2cccc(Nc3nc4c(-c5ccc(S(C)(=O)=O)cc5)cccn4n3)c2)CC1. The molecule has 1 aliphatic heterocycles. The van der Waals surface area contributed by atoms with Crippen molar-refractivity contribution in [3.63, 3.8) is 0 Å². The molecule has 194 valence electrons. The third kappa shape index (κ3) is 5.93. The first-order valence-electron chi connectivity index (χ1n) is 12.3.